The first-order chi connectivity index (χ1) is 6.81. The molecule has 0 atom stereocenters. The summed E-state index contributed by atoms with van der Waals surface area (Å²) in [5.41, 5.74) is 8.16. The molecule has 72 valence electrons. The van der Waals surface area contributed by atoms with Gasteiger partial charge in [-0.25, -0.2) is 0 Å². The van der Waals surface area contributed by atoms with Crippen molar-refractivity contribution in [3.05, 3.63) is 45.1 Å². The second-order valence-electron chi connectivity index (χ2n) is 2.96. The van der Waals surface area contributed by atoms with Crippen LogP contribution in [0.1, 0.15) is 4.88 Å². The SMILES string of the molecule is NCc1sc(Br)cc1-c1ccccc1. The van der Waals surface area contributed by atoms with Crippen LogP contribution in [-0.2, 0) is 6.54 Å². The average molecular weight is 268 g/mol. The van der Waals surface area contributed by atoms with Crippen molar-refractivity contribution >= 4 is 27.3 Å². The van der Waals surface area contributed by atoms with E-state index in [-0.39, 0.29) is 0 Å². The predicted octanol–water partition coefficient (Wildman–Crippen LogP) is 3.64. The van der Waals surface area contributed by atoms with Crippen molar-refractivity contribution in [2.75, 3.05) is 0 Å². The Labute approximate surface area is 95.7 Å². The molecule has 1 aromatic carbocycles. The van der Waals surface area contributed by atoms with Gasteiger partial charge in [0.2, 0.25) is 0 Å². The summed E-state index contributed by atoms with van der Waals surface area (Å²) in [7, 11) is 0. The van der Waals surface area contributed by atoms with Gasteiger partial charge in [-0.05, 0) is 33.1 Å². The van der Waals surface area contributed by atoms with Crippen LogP contribution in [-0.4, -0.2) is 0 Å². The van der Waals surface area contributed by atoms with Crippen LogP contribution in [0, 0.1) is 0 Å². The normalized spacial score (nSPS) is 10.4. The molecule has 0 aliphatic carbocycles. The van der Waals surface area contributed by atoms with Gasteiger partial charge < -0.3 is 5.73 Å². The van der Waals surface area contributed by atoms with Gasteiger partial charge in [-0.1, -0.05) is 30.3 Å². The van der Waals surface area contributed by atoms with Crippen molar-refractivity contribution in [2.45, 2.75) is 6.54 Å². The Kier molecular flexibility index (Phi) is 3.01. The molecule has 3 heteroatoms. The largest absolute Gasteiger partial charge is 0.326 e. The van der Waals surface area contributed by atoms with Gasteiger partial charge in [0.15, 0.2) is 0 Å². The lowest BCUT2D eigenvalue weighted by Crippen LogP contribution is -1.94. The summed E-state index contributed by atoms with van der Waals surface area (Å²) in [5.74, 6) is 0. The van der Waals surface area contributed by atoms with Crippen molar-refractivity contribution in [1.29, 1.82) is 0 Å². The van der Waals surface area contributed by atoms with Crippen LogP contribution < -0.4 is 5.73 Å². The van der Waals surface area contributed by atoms with Gasteiger partial charge in [0, 0.05) is 11.4 Å². The summed E-state index contributed by atoms with van der Waals surface area (Å²) in [6.45, 7) is 0.598. The van der Waals surface area contributed by atoms with E-state index >= 15 is 0 Å². The summed E-state index contributed by atoms with van der Waals surface area (Å²) in [4.78, 5) is 1.23. The highest BCUT2D eigenvalue weighted by Gasteiger charge is 2.07. The number of benzene rings is 1. The van der Waals surface area contributed by atoms with Crippen LogP contribution in [0.15, 0.2) is 40.2 Å². The molecule has 0 radical (unpaired) electrons. The Hall–Kier alpha value is -0.640. The molecule has 0 aliphatic heterocycles. The Morgan fingerprint density at radius 2 is 1.93 bits per heavy atom. The molecule has 0 amide bonds. The van der Waals surface area contributed by atoms with Gasteiger partial charge in [0.25, 0.3) is 0 Å². The third-order valence-corrected chi connectivity index (χ3v) is 3.71. The van der Waals surface area contributed by atoms with Crippen LogP contribution in [0.25, 0.3) is 11.1 Å². The average Bonchev–Trinajstić information content (AvgIpc) is 2.61. The fourth-order valence-electron chi connectivity index (χ4n) is 1.41. The highest BCUT2D eigenvalue weighted by Crippen LogP contribution is 2.34. The zero-order valence-corrected chi connectivity index (χ0v) is 9.94. The first-order valence-electron chi connectivity index (χ1n) is 4.35. The molecule has 0 aliphatic rings. The quantitative estimate of drug-likeness (QED) is 0.884. The van der Waals surface area contributed by atoms with Crippen LogP contribution in [0.4, 0.5) is 0 Å². The second-order valence-corrected chi connectivity index (χ2v) is 5.47. The number of hydrogen-bond acceptors (Lipinski definition) is 2. The first kappa shape index (κ1) is 9.90. The monoisotopic (exact) mass is 267 g/mol. The van der Waals surface area contributed by atoms with Crippen LogP contribution in [0.3, 0.4) is 0 Å². The van der Waals surface area contributed by atoms with Gasteiger partial charge in [-0.15, -0.1) is 11.3 Å². The lowest BCUT2D eigenvalue weighted by molar-refractivity contribution is 1.11. The highest BCUT2D eigenvalue weighted by molar-refractivity contribution is 9.11. The van der Waals surface area contributed by atoms with Crippen LogP contribution in [0.2, 0.25) is 0 Å². The highest BCUT2D eigenvalue weighted by atomic mass is 79.9. The molecule has 1 nitrogen and oxygen atoms in total. The fourth-order valence-corrected chi connectivity index (χ4v) is 3.01. The maximum atomic E-state index is 5.69. The molecule has 0 unspecified atom stereocenters. The number of halogens is 1. The van der Waals surface area contributed by atoms with Gasteiger partial charge in [-0.3, -0.25) is 0 Å². The number of thiophene rings is 1. The molecule has 0 bridgehead atoms. The molecule has 0 fully saturated rings. The lowest BCUT2D eigenvalue weighted by atomic mass is 10.1. The van der Waals surface area contributed by atoms with E-state index in [1.807, 2.05) is 18.2 Å². The third-order valence-electron chi connectivity index (χ3n) is 2.05. The van der Waals surface area contributed by atoms with E-state index in [4.69, 9.17) is 5.73 Å². The van der Waals surface area contributed by atoms with Gasteiger partial charge in [0.1, 0.15) is 0 Å². The van der Waals surface area contributed by atoms with Crippen LogP contribution >= 0.6 is 27.3 Å². The molecular weight excluding hydrogens is 258 g/mol. The molecule has 2 rings (SSSR count). The number of rotatable bonds is 2. The maximum absolute atomic E-state index is 5.69. The lowest BCUT2D eigenvalue weighted by Gasteiger charge is -2.00. The minimum Gasteiger partial charge on any atom is -0.326 e. The molecule has 2 N–H and O–H groups in total. The number of nitrogens with two attached hydrogens (primary N) is 1. The van der Waals surface area contributed by atoms with Crippen molar-refractivity contribution in [3.63, 3.8) is 0 Å². The van der Waals surface area contributed by atoms with E-state index in [0.29, 0.717) is 6.54 Å². The molecule has 14 heavy (non-hydrogen) atoms. The van der Waals surface area contributed by atoms with Crippen molar-refractivity contribution in [2.24, 2.45) is 5.73 Å². The minimum absolute atomic E-state index is 0.598. The summed E-state index contributed by atoms with van der Waals surface area (Å²) in [6.07, 6.45) is 0. The first-order valence-corrected chi connectivity index (χ1v) is 5.96. The predicted molar refractivity (Wildman–Crippen MR) is 65.3 cm³/mol. The molecule has 1 heterocycles. The number of hydrogen-bond donors (Lipinski definition) is 1. The Morgan fingerprint density at radius 1 is 1.21 bits per heavy atom. The summed E-state index contributed by atoms with van der Waals surface area (Å²) < 4.78 is 1.14. The van der Waals surface area contributed by atoms with E-state index in [0.717, 1.165) is 3.79 Å². The zero-order chi connectivity index (χ0) is 9.97. The van der Waals surface area contributed by atoms with Gasteiger partial charge >= 0.3 is 0 Å². The fraction of sp³-hybridized carbons (Fsp3) is 0.0909. The summed E-state index contributed by atoms with van der Waals surface area (Å²) >= 11 is 5.18. The topological polar surface area (TPSA) is 26.0 Å². The van der Waals surface area contributed by atoms with Gasteiger partial charge in [0.05, 0.1) is 3.79 Å². The second kappa shape index (κ2) is 4.26. The minimum atomic E-state index is 0.598. The molecule has 0 spiro atoms. The van der Waals surface area contributed by atoms with E-state index < -0.39 is 0 Å². The Bertz CT molecular complexity index is 422. The third kappa shape index (κ3) is 1.90. The van der Waals surface area contributed by atoms with E-state index in [1.165, 1.54) is 16.0 Å². The van der Waals surface area contributed by atoms with Crippen LogP contribution in [0.5, 0.6) is 0 Å². The van der Waals surface area contributed by atoms with Crippen molar-refractivity contribution in [3.8, 4) is 11.1 Å². The van der Waals surface area contributed by atoms with Crippen molar-refractivity contribution in [1.82, 2.24) is 0 Å². The molecule has 2 aromatic rings. The molecular formula is C11H10BrNS. The van der Waals surface area contributed by atoms with Gasteiger partial charge in [-0.2, -0.15) is 0 Å². The van der Waals surface area contributed by atoms with E-state index in [1.54, 1.807) is 11.3 Å². The summed E-state index contributed by atoms with van der Waals surface area (Å²) in [6, 6.07) is 12.4. The molecule has 1 aromatic heterocycles. The summed E-state index contributed by atoms with van der Waals surface area (Å²) in [5, 5.41) is 0. The van der Waals surface area contributed by atoms with E-state index in [9.17, 15) is 0 Å². The molecule has 0 saturated heterocycles. The van der Waals surface area contributed by atoms with Crippen molar-refractivity contribution < 1.29 is 0 Å². The molecule has 0 saturated carbocycles. The Morgan fingerprint density at radius 3 is 2.57 bits per heavy atom. The maximum Gasteiger partial charge on any atom is 0.0708 e. The standard InChI is InChI=1S/C11H10BrNS/c12-11-6-9(10(7-13)14-11)8-4-2-1-3-5-8/h1-6H,7,13H2. The zero-order valence-electron chi connectivity index (χ0n) is 7.53. The Balaban J connectivity index is 2.51. The smallest absolute Gasteiger partial charge is 0.0708 e. The van der Waals surface area contributed by atoms with E-state index in [2.05, 4.69) is 34.1 Å².